The number of hydrogen-bond acceptors (Lipinski definition) is 2. The molecule has 0 aliphatic rings. The number of benzene rings is 1. The van der Waals surface area contributed by atoms with Gasteiger partial charge in [0, 0.05) is 36.6 Å². The molecular weight excluding hydrogens is 326 g/mol. The van der Waals surface area contributed by atoms with Gasteiger partial charge in [-0.05, 0) is 31.4 Å². The molecular formula is C22H32NOS+. The normalized spacial score (nSPS) is 11.1. The van der Waals surface area contributed by atoms with E-state index < -0.39 is 0 Å². The second kappa shape index (κ2) is 11.3. The SMILES string of the molecule is CC(=O)SCCCCCCCCCC[n+]1ccc(C)c2ccccc21. The van der Waals surface area contributed by atoms with Gasteiger partial charge in [0.25, 0.3) is 0 Å². The van der Waals surface area contributed by atoms with Gasteiger partial charge in [-0.2, -0.15) is 4.57 Å². The van der Waals surface area contributed by atoms with E-state index in [1.54, 1.807) is 6.92 Å². The van der Waals surface area contributed by atoms with Crippen molar-refractivity contribution in [2.45, 2.75) is 71.8 Å². The molecule has 0 radical (unpaired) electrons. The Bertz CT molecular complexity index is 668. The van der Waals surface area contributed by atoms with Crippen molar-refractivity contribution in [3.05, 3.63) is 42.1 Å². The first-order valence-electron chi connectivity index (χ1n) is 9.69. The Morgan fingerprint density at radius 3 is 2.28 bits per heavy atom. The van der Waals surface area contributed by atoms with Crippen LogP contribution in [0.4, 0.5) is 0 Å². The van der Waals surface area contributed by atoms with E-state index in [-0.39, 0.29) is 5.12 Å². The smallest absolute Gasteiger partial charge is 0.212 e. The molecule has 0 saturated carbocycles. The van der Waals surface area contributed by atoms with Gasteiger partial charge in [-0.15, -0.1) is 0 Å². The zero-order valence-electron chi connectivity index (χ0n) is 15.8. The maximum absolute atomic E-state index is 10.8. The van der Waals surface area contributed by atoms with Crippen LogP contribution in [0.15, 0.2) is 36.5 Å². The Kier molecular flexibility index (Phi) is 9.03. The Balaban J connectivity index is 1.57. The van der Waals surface area contributed by atoms with E-state index in [4.69, 9.17) is 0 Å². The molecule has 0 fully saturated rings. The number of fused-ring (bicyclic) bond motifs is 1. The molecule has 3 heteroatoms. The molecule has 0 bridgehead atoms. The van der Waals surface area contributed by atoms with Gasteiger partial charge in [-0.3, -0.25) is 4.79 Å². The fourth-order valence-corrected chi connectivity index (χ4v) is 3.92. The summed E-state index contributed by atoms with van der Waals surface area (Å²) < 4.78 is 2.40. The second-order valence-corrected chi connectivity index (χ2v) is 8.15. The van der Waals surface area contributed by atoms with Crippen molar-refractivity contribution in [1.82, 2.24) is 0 Å². The highest BCUT2D eigenvalue weighted by Crippen LogP contribution is 2.15. The third kappa shape index (κ3) is 7.19. The average Bonchev–Trinajstić information content (AvgIpc) is 2.61. The third-order valence-electron chi connectivity index (χ3n) is 4.74. The first-order valence-corrected chi connectivity index (χ1v) is 10.7. The molecule has 0 unspecified atom stereocenters. The van der Waals surface area contributed by atoms with Crippen LogP contribution in [-0.4, -0.2) is 10.9 Å². The first kappa shape index (κ1) is 20.0. The number of nitrogens with zero attached hydrogens (tertiary/aromatic N) is 1. The summed E-state index contributed by atoms with van der Waals surface area (Å²) in [5.74, 6) is 0.997. The summed E-state index contributed by atoms with van der Waals surface area (Å²) in [7, 11) is 0. The molecule has 0 aliphatic heterocycles. The number of para-hydroxylation sites is 1. The van der Waals surface area contributed by atoms with Crippen LogP contribution in [0.25, 0.3) is 10.9 Å². The summed E-state index contributed by atoms with van der Waals surface area (Å²) in [4.78, 5) is 10.8. The number of carbonyl (C=O) groups excluding carboxylic acids is 1. The van der Waals surface area contributed by atoms with Crippen molar-refractivity contribution in [3.63, 3.8) is 0 Å². The Morgan fingerprint density at radius 1 is 0.920 bits per heavy atom. The largest absolute Gasteiger partial charge is 0.288 e. The number of rotatable bonds is 11. The van der Waals surface area contributed by atoms with Gasteiger partial charge in [-0.25, -0.2) is 0 Å². The van der Waals surface area contributed by atoms with Crippen molar-refractivity contribution in [1.29, 1.82) is 0 Å². The molecule has 0 saturated heterocycles. The van der Waals surface area contributed by atoms with Crippen molar-refractivity contribution in [2.24, 2.45) is 0 Å². The maximum Gasteiger partial charge on any atom is 0.212 e. The monoisotopic (exact) mass is 358 g/mol. The van der Waals surface area contributed by atoms with Crippen LogP contribution in [0, 0.1) is 6.92 Å². The second-order valence-electron chi connectivity index (χ2n) is 6.88. The molecule has 0 aliphatic carbocycles. The van der Waals surface area contributed by atoms with E-state index in [1.807, 2.05) is 0 Å². The standard InChI is InChI=1S/C22H32NOS/c1-19-15-17-23(22-14-10-9-13-21(19)22)16-11-7-5-3-4-6-8-12-18-25-20(2)24/h9-10,13-15,17H,3-8,11-12,16,18H2,1-2H3/q+1. The number of aromatic nitrogens is 1. The minimum atomic E-state index is 0.249. The topological polar surface area (TPSA) is 20.9 Å². The highest BCUT2D eigenvalue weighted by Gasteiger charge is 2.09. The lowest BCUT2D eigenvalue weighted by atomic mass is 10.1. The zero-order valence-corrected chi connectivity index (χ0v) is 16.6. The summed E-state index contributed by atoms with van der Waals surface area (Å²) >= 11 is 1.46. The number of aryl methyl sites for hydroxylation is 2. The van der Waals surface area contributed by atoms with Crippen LogP contribution in [-0.2, 0) is 11.3 Å². The van der Waals surface area contributed by atoms with Crippen LogP contribution in [0.1, 0.15) is 63.9 Å². The fourth-order valence-electron chi connectivity index (χ4n) is 3.29. The lowest BCUT2D eigenvalue weighted by Gasteiger charge is -2.04. The fraction of sp³-hybridized carbons (Fsp3) is 0.545. The molecule has 0 amide bonds. The van der Waals surface area contributed by atoms with Crippen molar-refractivity contribution in [3.8, 4) is 0 Å². The Morgan fingerprint density at radius 2 is 1.56 bits per heavy atom. The van der Waals surface area contributed by atoms with Crippen molar-refractivity contribution >= 4 is 27.8 Å². The summed E-state index contributed by atoms with van der Waals surface area (Å²) in [6, 6.07) is 10.9. The van der Waals surface area contributed by atoms with E-state index in [2.05, 4.69) is 48.0 Å². The molecule has 25 heavy (non-hydrogen) atoms. The number of unbranched alkanes of at least 4 members (excludes halogenated alkanes) is 7. The predicted octanol–water partition coefficient (Wildman–Crippen LogP) is 5.84. The molecule has 1 aromatic carbocycles. The minimum absolute atomic E-state index is 0.249. The molecule has 0 spiro atoms. The van der Waals surface area contributed by atoms with Crippen LogP contribution in [0.5, 0.6) is 0 Å². The maximum atomic E-state index is 10.8. The van der Waals surface area contributed by atoms with Crippen molar-refractivity contribution < 1.29 is 9.36 Å². The molecule has 2 nitrogen and oxygen atoms in total. The quantitative estimate of drug-likeness (QED) is 0.372. The van der Waals surface area contributed by atoms with Crippen LogP contribution in [0.3, 0.4) is 0 Å². The van der Waals surface area contributed by atoms with Gasteiger partial charge in [0.15, 0.2) is 11.3 Å². The molecule has 1 heterocycles. The number of hydrogen-bond donors (Lipinski definition) is 0. The van der Waals surface area contributed by atoms with Crippen molar-refractivity contribution in [2.75, 3.05) is 5.75 Å². The predicted molar refractivity (Wildman–Crippen MR) is 109 cm³/mol. The van der Waals surface area contributed by atoms with Crippen LogP contribution < -0.4 is 4.57 Å². The van der Waals surface area contributed by atoms with Gasteiger partial charge in [0.1, 0.15) is 6.54 Å². The number of pyridine rings is 1. The molecule has 2 rings (SSSR count). The van der Waals surface area contributed by atoms with Gasteiger partial charge in [-0.1, -0.05) is 56.0 Å². The lowest BCUT2D eigenvalue weighted by Crippen LogP contribution is -2.34. The van der Waals surface area contributed by atoms with E-state index in [0.717, 1.165) is 12.3 Å². The lowest BCUT2D eigenvalue weighted by molar-refractivity contribution is -0.671. The van der Waals surface area contributed by atoms with Crippen LogP contribution in [0.2, 0.25) is 0 Å². The molecule has 2 aromatic rings. The van der Waals surface area contributed by atoms with E-state index in [0.29, 0.717) is 0 Å². The summed E-state index contributed by atoms with van der Waals surface area (Å²) in [5.41, 5.74) is 2.71. The van der Waals surface area contributed by atoms with E-state index >= 15 is 0 Å². The Labute approximate surface area is 157 Å². The molecule has 1 aromatic heterocycles. The average molecular weight is 359 g/mol. The molecule has 0 N–H and O–H groups in total. The first-order chi connectivity index (χ1) is 12.2. The van der Waals surface area contributed by atoms with Crippen LogP contribution >= 0.6 is 11.8 Å². The van der Waals surface area contributed by atoms with E-state index in [1.165, 1.54) is 79.6 Å². The third-order valence-corrected chi connectivity index (χ3v) is 5.64. The highest BCUT2D eigenvalue weighted by atomic mass is 32.2. The number of thioether (sulfide) groups is 1. The summed E-state index contributed by atoms with van der Waals surface area (Å²) in [6.45, 7) is 4.96. The van der Waals surface area contributed by atoms with Gasteiger partial charge >= 0.3 is 0 Å². The van der Waals surface area contributed by atoms with Gasteiger partial charge in [0.2, 0.25) is 5.52 Å². The van der Waals surface area contributed by atoms with Gasteiger partial charge in [0.05, 0.1) is 0 Å². The molecule has 0 atom stereocenters. The summed E-state index contributed by atoms with van der Waals surface area (Å²) in [5, 5.41) is 1.62. The molecule has 136 valence electrons. The zero-order chi connectivity index (χ0) is 17.9. The van der Waals surface area contributed by atoms with E-state index in [9.17, 15) is 4.79 Å². The highest BCUT2D eigenvalue weighted by molar-refractivity contribution is 8.13. The summed E-state index contributed by atoms with van der Waals surface area (Å²) in [6.07, 6.45) is 12.6. The Hall–Kier alpha value is -1.35. The number of carbonyl (C=O) groups is 1. The van der Waals surface area contributed by atoms with Gasteiger partial charge < -0.3 is 0 Å². The minimum Gasteiger partial charge on any atom is -0.288 e.